The highest BCUT2D eigenvalue weighted by atomic mass is 32.2. The minimum absolute atomic E-state index is 0.0307. The number of aryl methyl sites for hydroxylation is 3. The molecule has 28 heavy (non-hydrogen) atoms. The van der Waals surface area contributed by atoms with E-state index in [2.05, 4.69) is 5.32 Å². The van der Waals surface area contributed by atoms with Crippen LogP contribution in [0.4, 0.5) is 0 Å². The number of nitrogens with zero attached hydrogens (tertiary/aromatic N) is 2. The summed E-state index contributed by atoms with van der Waals surface area (Å²) in [6.45, 7) is 8.49. The van der Waals surface area contributed by atoms with Crippen molar-refractivity contribution in [2.24, 2.45) is 0 Å². The van der Waals surface area contributed by atoms with Gasteiger partial charge in [-0.15, -0.1) is 11.3 Å². The van der Waals surface area contributed by atoms with Crippen LogP contribution in [0.15, 0.2) is 35.2 Å². The van der Waals surface area contributed by atoms with E-state index in [9.17, 15) is 13.2 Å². The van der Waals surface area contributed by atoms with Crippen LogP contribution in [-0.4, -0.2) is 56.3 Å². The van der Waals surface area contributed by atoms with Crippen molar-refractivity contribution in [1.29, 1.82) is 0 Å². The summed E-state index contributed by atoms with van der Waals surface area (Å²) in [7, 11) is -3.50. The molecule has 1 aliphatic heterocycles. The SMILES string of the molecule is Cc1ccc(C)c(S(=O)(=O)N2CCN(CC(=O)NCc3ccc(C)s3)CC2)c1. The maximum Gasteiger partial charge on any atom is 0.243 e. The Bertz CT molecular complexity index is 945. The first-order chi connectivity index (χ1) is 13.3. The van der Waals surface area contributed by atoms with Crippen LogP contribution >= 0.6 is 11.3 Å². The number of thiophene rings is 1. The normalized spacial score (nSPS) is 16.2. The fourth-order valence-corrected chi connectivity index (χ4v) is 5.84. The van der Waals surface area contributed by atoms with E-state index in [-0.39, 0.29) is 5.91 Å². The second kappa shape index (κ2) is 8.73. The van der Waals surface area contributed by atoms with Crippen molar-refractivity contribution in [2.75, 3.05) is 32.7 Å². The van der Waals surface area contributed by atoms with Crippen molar-refractivity contribution in [3.8, 4) is 0 Å². The third kappa shape index (κ3) is 5.00. The second-order valence-corrected chi connectivity index (χ2v) is 10.5. The Kier molecular flexibility index (Phi) is 6.54. The molecular weight excluding hydrogens is 394 g/mol. The molecule has 2 aromatic rings. The van der Waals surface area contributed by atoms with E-state index in [0.717, 1.165) is 16.0 Å². The van der Waals surface area contributed by atoms with E-state index < -0.39 is 10.0 Å². The highest BCUT2D eigenvalue weighted by Crippen LogP contribution is 2.22. The van der Waals surface area contributed by atoms with E-state index in [1.165, 1.54) is 9.18 Å². The van der Waals surface area contributed by atoms with Crippen molar-refractivity contribution in [2.45, 2.75) is 32.2 Å². The fraction of sp³-hybridized carbons (Fsp3) is 0.450. The van der Waals surface area contributed by atoms with Gasteiger partial charge >= 0.3 is 0 Å². The summed E-state index contributed by atoms with van der Waals surface area (Å²) in [6.07, 6.45) is 0. The van der Waals surface area contributed by atoms with Crippen LogP contribution in [0.5, 0.6) is 0 Å². The average Bonchev–Trinajstić information content (AvgIpc) is 3.08. The van der Waals surface area contributed by atoms with E-state index in [0.29, 0.717) is 44.2 Å². The van der Waals surface area contributed by atoms with Gasteiger partial charge in [0.1, 0.15) is 0 Å². The van der Waals surface area contributed by atoms with Crippen LogP contribution in [0.1, 0.15) is 20.9 Å². The summed E-state index contributed by atoms with van der Waals surface area (Å²) in [5, 5.41) is 2.94. The van der Waals surface area contributed by atoms with E-state index in [1.54, 1.807) is 17.4 Å². The van der Waals surface area contributed by atoms with Gasteiger partial charge in [0, 0.05) is 35.9 Å². The first-order valence-electron chi connectivity index (χ1n) is 9.37. The van der Waals surface area contributed by atoms with Gasteiger partial charge in [-0.2, -0.15) is 4.31 Å². The minimum atomic E-state index is -3.50. The molecule has 0 atom stereocenters. The quantitative estimate of drug-likeness (QED) is 0.777. The Labute approximate surface area is 171 Å². The Morgan fingerprint density at radius 1 is 1.07 bits per heavy atom. The zero-order chi connectivity index (χ0) is 20.3. The first-order valence-corrected chi connectivity index (χ1v) is 11.6. The number of amides is 1. The highest BCUT2D eigenvalue weighted by Gasteiger charge is 2.30. The molecule has 1 aliphatic rings. The number of hydrogen-bond donors (Lipinski definition) is 1. The predicted molar refractivity (Wildman–Crippen MR) is 112 cm³/mol. The molecule has 1 N–H and O–H groups in total. The Balaban J connectivity index is 1.52. The summed E-state index contributed by atoms with van der Waals surface area (Å²) >= 11 is 1.68. The molecule has 1 saturated heterocycles. The van der Waals surface area contributed by atoms with Gasteiger partial charge in [-0.1, -0.05) is 12.1 Å². The number of nitrogens with one attached hydrogen (secondary N) is 1. The van der Waals surface area contributed by atoms with Crippen LogP contribution < -0.4 is 5.32 Å². The van der Waals surface area contributed by atoms with E-state index >= 15 is 0 Å². The number of carbonyl (C=O) groups excluding carboxylic acids is 1. The van der Waals surface area contributed by atoms with Crippen LogP contribution in [0, 0.1) is 20.8 Å². The lowest BCUT2D eigenvalue weighted by atomic mass is 10.2. The minimum Gasteiger partial charge on any atom is -0.350 e. The molecule has 1 amide bonds. The molecule has 2 heterocycles. The van der Waals surface area contributed by atoms with Crippen molar-refractivity contribution in [3.63, 3.8) is 0 Å². The van der Waals surface area contributed by atoms with Crippen LogP contribution in [0.25, 0.3) is 0 Å². The van der Waals surface area contributed by atoms with E-state index in [1.807, 2.05) is 49.9 Å². The molecule has 0 radical (unpaired) electrons. The maximum absolute atomic E-state index is 13.0. The van der Waals surface area contributed by atoms with Gasteiger partial charge < -0.3 is 5.32 Å². The summed E-state index contributed by atoms with van der Waals surface area (Å²) in [5.74, 6) is -0.0307. The molecule has 0 unspecified atom stereocenters. The number of piperazine rings is 1. The zero-order valence-electron chi connectivity index (χ0n) is 16.6. The molecule has 1 aromatic carbocycles. The number of hydrogen-bond acceptors (Lipinski definition) is 5. The van der Waals surface area contributed by atoms with Crippen molar-refractivity contribution in [1.82, 2.24) is 14.5 Å². The fourth-order valence-electron chi connectivity index (χ4n) is 3.28. The molecular formula is C20H27N3O3S2. The predicted octanol–water partition coefficient (Wildman–Crippen LogP) is 2.30. The van der Waals surface area contributed by atoms with Gasteiger partial charge in [0.15, 0.2) is 0 Å². The van der Waals surface area contributed by atoms with Crippen molar-refractivity contribution >= 4 is 27.3 Å². The number of rotatable bonds is 6. The Morgan fingerprint density at radius 3 is 2.43 bits per heavy atom. The Morgan fingerprint density at radius 2 is 1.79 bits per heavy atom. The van der Waals surface area contributed by atoms with E-state index in [4.69, 9.17) is 0 Å². The molecule has 1 aromatic heterocycles. The molecule has 1 fully saturated rings. The second-order valence-electron chi connectivity index (χ2n) is 7.24. The first kappa shape index (κ1) is 21.0. The number of benzene rings is 1. The summed E-state index contributed by atoms with van der Waals surface area (Å²) in [6, 6.07) is 9.57. The lowest BCUT2D eigenvalue weighted by Crippen LogP contribution is -2.51. The van der Waals surface area contributed by atoms with Gasteiger partial charge in [-0.05, 0) is 50.1 Å². The third-order valence-electron chi connectivity index (χ3n) is 4.92. The lowest BCUT2D eigenvalue weighted by molar-refractivity contribution is -0.122. The van der Waals surface area contributed by atoms with Gasteiger partial charge in [0.2, 0.25) is 15.9 Å². The van der Waals surface area contributed by atoms with Crippen LogP contribution in [0.3, 0.4) is 0 Å². The molecule has 0 spiro atoms. The van der Waals surface area contributed by atoms with Gasteiger partial charge in [-0.3, -0.25) is 9.69 Å². The summed E-state index contributed by atoms with van der Waals surface area (Å²) < 4.78 is 27.5. The smallest absolute Gasteiger partial charge is 0.243 e. The number of carbonyl (C=O) groups is 1. The van der Waals surface area contributed by atoms with Gasteiger partial charge in [0.25, 0.3) is 0 Å². The van der Waals surface area contributed by atoms with Gasteiger partial charge in [-0.25, -0.2) is 8.42 Å². The summed E-state index contributed by atoms with van der Waals surface area (Å²) in [4.78, 5) is 16.9. The van der Waals surface area contributed by atoms with Crippen LogP contribution in [0.2, 0.25) is 0 Å². The summed E-state index contributed by atoms with van der Waals surface area (Å²) in [5.41, 5.74) is 1.69. The van der Waals surface area contributed by atoms with Crippen LogP contribution in [-0.2, 0) is 21.4 Å². The topological polar surface area (TPSA) is 69.7 Å². The largest absolute Gasteiger partial charge is 0.350 e. The van der Waals surface area contributed by atoms with Crippen molar-refractivity contribution < 1.29 is 13.2 Å². The highest BCUT2D eigenvalue weighted by molar-refractivity contribution is 7.89. The lowest BCUT2D eigenvalue weighted by Gasteiger charge is -2.33. The molecule has 3 rings (SSSR count). The number of sulfonamides is 1. The molecule has 152 valence electrons. The molecule has 0 saturated carbocycles. The third-order valence-corrected chi connectivity index (χ3v) is 7.96. The molecule has 0 aliphatic carbocycles. The Hall–Kier alpha value is -1.74. The molecule has 0 bridgehead atoms. The molecule has 8 heteroatoms. The van der Waals surface area contributed by atoms with Gasteiger partial charge in [0.05, 0.1) is 18.0 Å². The maximum atomic E-state index is 13.0. The standard InChI is InChI=1S/C20H27N3O3S2/c1-15-4-5-16(2)19(12-15)28(25,26)23-10-8-22(9-11-23)14-20(24)21-13-18-7-6-17(3)27-18/h4-7,12H,8-11,13-14H2,1-3H3,(H,21,24). The van der Waals surface area contributed by atoms with Crippen molar-refractivity contribution in [3.05, 3.63) is 51.2 Å². The zero-order valence-corrected chi connectivity index (χ0v) is 18.2. The molecule has 6 nitrogen and oxygen atoms in total. The monoisotopic (exact) mass is 421 g/mol. The average molecular weight is 422 g/mol.